The summed E-state index contributed by atoms with van der Waals surface area (Å²) in [5.41, 5.74) is 0. The predicted molar refractivity (Wildman–Crippen MR) is 38.1 cm³/mol. The molecule has 10 heteroatoms. The first-order chi connectivity index (χ1) is 7.36. The molecule has 4 nitrogen and oxygen atoms in total. The highest BCUT2D eigenvalue weighted by Gasteiger charge is 2.28. The van der Waals surface area contributed by atoms with E-state index in [1.54, 1.807) is 0 Å². The lowest BCUT2D eigenvalue weighted by atomic mass is 10.2. The monoisotopic (exact) mass is 244 g/mol. The second-order valence-corrected chi connectivity index (χ2v) is 2.40. The molecule has 0 saturated carbocycles. The minimum Gasteiger partial charge on any atom is -0.400 e. The molecule has 0 aromatic heterocycles. The van der Waals surface area contributed by atoms with E-state index in [0.717, 1.165) is 0 Å². The minimum absolute atomic E-state index is 1.77. The van der Waals surface area contributed by atoms with Crippen LogP contribution < -0.4 is 4.89 Å². The van der Waals surface area contributed by atoms with Gasteiger partial charge in [-0.15, -0.1) is 0 Å². The van der Waals surface area contributed by atoms with Gasteiger partial charge in [0.2, 0.25) is 34.8 Å². The molecule has 2 N–H and O–H groups in total. The lowest BCUT2D eigenvalue weighted by molar-refractivity contribution is -0.143. The van der Waals surface area contributed by atoms with Gasteiger partial charge in [-0.2, -0.15) is 13.6 Å². The molecule has 0 fully saturated rings. The van der Waals surface area contributed by atoms with E-state index >= 15 is 0 Å². The van der Waals surface area contributed by atoms with Gasteiger partial charge in [-0.05, 0) is 0 Å². The van der Waals surface area contributed by atoms with Crippen molar-refractivity contribution in [1.29, 1.82) is 0 Å². The van der Waals surface area contributed by atoms with Gasteiger partial charge in [-0.25, -0.2) is 13.2 Å². The first kappa shape index (κ1) is 12.7. The van der Waals surface area contributed by atoms with E-state index in [0.29, 0.717) is 0 Å². The molecule has 1 aromatic carbocycles. The van der Waals surface area contributed by atoms with Crippen molar-refractivity contribution in [1.82, 2.24) is 0 Å². The zero-order chi connectivity index (χ0) is 12.5. The second kappa shape index (κ2) is 4.64. The van der Waals surface area contributed by atoms with Crippen LogP contribution in [0.2, 0.25) is 0 Å². The summed E-state index contributed by atoms with van der Waals surface area (Å²) < 4.78 is 63.0. The lowest BCUT2D eigenvalue weighted by Gasteiger charge is -2.07. The molecular weight excluding hydrogens is 242 g/mol. The lowest BCUT2D eigenvalue weighted by Crippen LogP contribution is -2.20. The molecule has 0 bridgehead atoms. The van der Waals surface area contributed by atoms with Crippen LogP contribution in [0.3, 0.4) is 0 Å². The highest BCUT2D eigenvalue weighted by atomic mass is 19.2. The number of hydrogen-bond donors (Lipinski definition) is 2. The van der Waals surface area contributed by atoms with E-state index in [9.17, 15) is 22.0 Å². The molecule has 0 aliphatic carbocycles. The van der Waals surface area contributed by atoms with E-state index in [-0.39, 0.29) is 0 Å². The van der Waals surface area contributed by atoms with Crippen LogP contribution in [-0.2, 0) is 4.81 Å². The van der Waals surface area contributed by atoms with Crippen molar-refractivity contribution in [3.63, 3.8) is 0 Å². The Morgan fingerprint density at radius 2 is 1.12 bits per heavy atom. The smallest absolute Gasteiger partial charge is 0.400 e. The van der Waals surface area contributed by atoms with Crippen molar-refractivity contribution in [2.24, 2.45) is 0 Å². The normalized spacial score (nSPS) is 10.4. The van der Waals surface area contributed by atoms with E-state index < -0.39 is 42.2 Å². The van der Waals surface area contributed by atoms with Crippen LogP contribution in [0.4, 0.5) is 22.0 Å². The average molecular weight is 244 g/mol. The summed E-state index contributed by atoms with van der Waals surface area (Å²) >= 11 is 0. The van der Waals surface area contributed by atoms with Crippen molar-refractivity contribution in [3.8, 4) is 5.75 Å². The topological polar surface area (TPSA) is 58.9 Å². The number of hydrogen-bond acceptors (Lipinski definition) is 4. The molecule has 0 saturated heterocycles. The van der Waals surface area contributed by atoms with Gasteiger partial charge in [-0.1, -0.05) is 0 Å². The van der Waals surface area contributed by atoms with Gasteiger partial charge in [0.05, 0.1) is 0 Å². The van der Waals surface area contributed by atoms with Gasteiger partial charge >= 0.3 is 7.32 Å². The standard InChI is InChI=1S/C6H2BF5O4/c8-1-2(9)4(11)6(5(12)3(1)10)15-16-7(13)14/h13-14H. The molecule has 1 rings (SSSR count). The molecule has 0 aliphatic rings. The van der Waals surface area contributed by atoms with Crippen molar-refractivity contribution in [3.05, 3.63) is 29.1 Å². The first-order valence-electron chi connectivity index (χ1n) is 3.57. The molecule has 0 radical (unpaired) electrons. The quantitative estimate of drug-likeness (QED) is 0.205. The Kier molecular flexibility index (Phi) is 3.68. The molecule has 16 heavy (non-hydrogen) atoms. The molecule has 0 heterocycles. The third-order valence-electron chi connectivity index (χ3n) is 1.39. The average Bonchev–Trinajstić information content (AvgIpc) is 2.23. The van der Waals surface area contributed by atoms with Crippen LogP contribution in [0.5, 0.6) is 5.75 Å². The summed E-state index contributed by atoms with van der Waals surface area (Å²) in [5, 5.41) is 16.2. The first-order valence-corrected chi connectivity index (χ1v) is 3.57. The van der Waals surface area contributed by atoms with Crippen LogP contribution in [0.1, 0.15) is 0 Å². The second-order valence-electron chi connectivity index (χ2n) is 2.40. The van der Waals surface area contributed by atoms with E-state index in [2.05, 4.69) is 9.69 Å². The third kappa shape index (κ3) is 2.23. The Labute approximate surface area is 84.9 Å². The number of benzene rings is 1. The molecule has 0 unspecified atom stereocenters. The fourth-order valence-corrected chi connectivity index (χ4v) is 0.749. The molecule has 0 spiro atoms. The highest BCUT2D eigenvalue weighted by molar-refractivity contribution is 6.32. The Balaban J connectivity index is 3.18. The summed E-state index contributed by atoms with van der Waals surface area (Å²) in [6.07, 6.45) is 0. The Hall–Kier alpha value is -1.39. The molecule has 0 amide bonds. The van der Waals surface area contributed by atoms with Gasteiger partial charge in [0.25, 0.3) is 0 Å². The summed E-state index contributed by atoms with van der Waals surface area (Å²) in [7, 11) is -2.60. The van der Waals surface area contributed by atoms with E-state index in [1.807, 2.05) is 0 Å². The van der Waals surface area contributed by atoms with Gasteiger partial charge < -0.3 is 14.9 Å². The van der Waals surface area contributed by atoms with Crippen LogP contribution in [-0.4, -0.2) is 17.4 Å². The fourth-order valence-electron chi connectivity index (χ4n) is 0.749. The minimum atomic E-state index is -2.60. The van der Waals surface area contributed by atoms with E-state index in [1.165, 1.54) is 0 Å². The molecule has 1 aromatic rings. The summed E-state index contributed by atoms with van der Waals surface area (Å²) in [4.78, 5) is 6.96. The SMILES string of the molecule is OB(O)OOc1c(F)c(F)c(F)c(F)c1F. The molecule has 88 valence electrons. The van der Waals surface area contributed by atoms with Gasteiger partial charge in [0, 0.05) is 0 Å². The Morgan fingerprint density at radius 3 is 1.50 bits per heavy atom. The summed E-state index contributed by atoms with van der Waals surface area (Å²) in [6.45, 7) is 0. The maximum atomic E-state index is 12.8. The maximum absolute atomic E-state index is 12.8. The van der Waals surface area contributed by atoms with Crippen molar-refractivity contribution < 1.29 is 41.7 Å². The van der Waals surface area contributed by atoms with Crippen LogP contribution in [0.25, 0.3) is 0 Å². The summed E-state index contributed by atoms with van der Waals surface area (Å²) in [6, 6.07) is 0. The molecule has 0 atom stereocenters. The fraction of sp³-hybridized carbons (Fsp3) is 0. The number of rotatable bonds is 3. The van der Waals surface area contributed by atoms with Gasteiger partial charge in [0.1, 0.15) is 0 Å². The summed E-state index contributed by atoms with van der Waals surface area (Å²) in [5.74, 6) is -13.2. The van der Waals surface area contributed by atoms with Gasteiger partial charge in [-0.3, -0.25) is 0 Å². The third-order valence-corrected chi connectivity index (χ3v) is 1.39. The Morgan fingerprint density at radius 1 is 0.750 bits per heavy atom. The zero-order valence-electron chi connectivity index (χ0n) is 7.18. The van der Waals surface area contributed by atoms with Crippen molar-refractivity contribution in [2.75, 3.05) is 0 Å². The van der Waals surface area contributed by atoms with Gasteiger partial charge in [0.15, 0.2) is 0 Å². The molecule has 0 aliphatic heterocycles. The Bertz CT molecular complexity index is 383. The number of halogens is 5. The highest BCUT2D eigenvalue weighted by Crippen LogP contribution is 2.29. The van der Waals surface area contributed by atoms with Crippen LogP contribution in [0.15, 0.2) is 0 Å². The van der Waals surface area contributed by atoms with Crippen molar-refractivity contribution in [2.45, 2.75) is 0 Å². The maximum Gasteiger partial charge on any atom is 0.672 e. The predicted octanol–water partition coefficient (Wildman–Crippen LogP) is 0.662. The molecular formula is C6H2BF5O4. The van der Waals surface area contributed by atoms with Crippen LogP contribution >= 0.6 is 0 Å². The zero-order valence-corrected chi connectivity index (χ0v) is 7.18. The van der Waals surface area contributed by atoms with Crippen molar-refractivity contribution >= 4 is 7.32 Å². The van der Waals surface area contributed by atoms with Crippen LogP contribution in [0, 0.1) is 29.1 Å². The largest absolute Gasteiger partial charge is 0.672 e. The van der Waals surface area contributed by atoms with E-state index in [4.69, 9.17) is 10.0 Å².